The van der Waals surface area contributed by atoms with Gasteiger partial charge in [-0.25, -0.2) is 15.0 Å². The van der Waals surface area contributed by atoms with Gasteiger partial charge in [-0.15, -0.1) is 11.3 Å². The third-order valence-electron chi connectivity index (χ3n) is 7.60. The zero-order valence-corrected chi connectivity index (χ0v) is 22.7. The molecule has 0 aliphatic rings. The van der Waals surface area contributed by atoms with Gasteiger partial charge in [0.05, 0.1) is 12.4 Å². The van der Waals surface area contributed by atoms with Gasteiger partial charge in [0.2, 0.25) is 0 Å². The summed E-state index contributed by atoms with van der Waals surface area (Å²) in [7, 11) is 0. The molecule has 9 aromatic rings. The number of para-hydroxylation sites is 1. The predicted molar refractivity (Wildman–Crippen MR) is 174 cm³/mol. The Morgan fingerprint density at radius 2 is 1.26 bits per heavy atom. The lowest BCUT2D eigenvalue weighted by Crippen LogP contribution is -2.00. The van der Waals surface area contributed by atoms with Gasteiger partial charge >= 0.3 is 0 Å². The van der Waals surface area contributed by atoms with Crippen molar-refractivity contribution >= 4 is 64.2 Å². The molecule has 0 unspecified atom stereocenters. The van der Waals surface area contributed by atoms with Crippen LogP contribution in [0.1, 0.15) is 6.85 Å². The summed E-state index contributed by atoms with van der Waals surface area (Å²) in [5.74, 6) is 0.565. The second-order valence-corrected chi connectivity index (χ2v) is 11.2. The van der Waals surface area contributed by atoms with Crippen LogP contribution in [0, 0.1) is 0 Å². The van der Waals surface area contributed by atoms with Crippen molar-refractivity contribution in [2.75, 3.05) is 0 Å². The number of nitrogens with zero attached hydrogens (tertiary/aromatic N) is 3. The lowest BCUT2D eigenvalue weighted by Gasteiger charge is -2.09. The average molecular weight is 561 g/mol. The molecule has 5 heteroatoms. The smallest absolute Gasteiger partial charge is 0.167 e. The number of rotatable bonds is 3. The van der Waals surface area contributed by atoms with E-state index in [2.05, 4.69) is 24.3 Å². The van der Waals surface area contributed by atoms with Gasteiger partial charge in [-0.3, -0.25) is 0 Å². The molecule has 0 radical (unpaired) electrons. The summed E-state index contributed by atoms with van der Waals surface area (Å²) in [4.78, 5) is 14.4. The van der Waals surface area contributed by atoms with Crippen molar-refractivity contribution in [3.05, 3.63) is 127 Å². The van der Waals surface area contributed by atoms with Crippen LogP contribution < -0.4 is 0 Å². The van der Waals surface area contributed by atoms with E-state index < -0.39 is 18.1 Å². The van der Waals surface area contributed by atoms with Gasteiger partial charge in [-0.05, 0) is 41.1 Å². The summed E-state index contributed by atoms with van der Waals surface area (Å²) >= 11 is 1.67. The fourth-order valence-corrected chi connectivity index (χ4v) is 6.77. The van der Waals surface area contributed by atoms with Crippen LogP contribution in [0.25, 0.3) is 87.0 Å². The summed E-state index contributed by atoms with van der Waals surface area (Å²) in [5, 5.41) is 6.28. The summed E-state index contributed by atoms with van der Waals surface area (Å²) in [5.41, 5.74) is 2.53. The van der Waals surface area contributed by atoms with Gasteiger partial charge in [-0.2, -0.15) is 0 Å². The number of hydrogen-bond donors (Lipinski definition) is 0. The normalized spacial score (nSPS) is 13.5. The maximum Gasteiger partial charge on any atom is 0.167 e. The monoisotopic (exact) mass is 560 g/mol. The Labute approximate surface area is 251 Å². The van der Waals surface area contributed by atoms with Crippen LogP contribution in [0.3, 0.4) is 0 Å². The maximum atomic E-state index is 8.68. The number of aromatic nitrogens is 3. The molecule has 4 nitrogen and oxygen atoms in total. The molecular weight excluding hydrogens is 534 g/mol. The molecule has 0 amide bonds. The average Bonchev–Trinajstić information content (AvgIpc) is 3.66. The molecule has 0 N–H and O–H groups in total. The van der Waals surface area contributed by atoms with Gasteiger partial charge in [0.25, 0.3) is 0 Å². The van der Waals surface area contributed by atoms with Crippen molar-refractivity contribution in [3.63, 3.8) is 0 Å². The van der Waals surface area contributed by atoms with Crippen molar-refractivity contribution in [2.45, 2.75) is 0 Å². The Morgan fingerprint density at radius 1 is 0.548 bits per heavy atom. The topological polar surface area (TPSA) is 51.8 Å². The van der Waals surface area contributed by atoms with Crippen LogP contribution in [-0.2, 0) is 0 Å². The second-order valence-electron chi connectivity index (χ2n) is 10.1. The van der Waals surface area contributed by atoms with Crippen LogP contribution >= 0.6 is 11.3 Å². The predicted octanol–water partition coefficient (Wildman–Crippen LogP) is 10.3. The van der Waals surface area contributed by atoms with Crippen LogP contribution in [-0.4, -0.2) is 15.0 Å². The van der Waals surface area contributed by atoms with E-state index in [1.54, 1.807) is 11.3 Å². The van der Waals surface area contributed by atoms with E-state index in [0.29, 0.717) is 22.5 Å². The van der Waals surface area contributed by atoms with Gasteiger partial charge < -0.3 is 4.42 Å². The number of fused-ring (bicyclic) bond motifs is 7. The number of thiophene rings is 1. The largest absolute Gasteiger partial charge is 0.455 e. The van der Waals surface area contributed by atoms with Crippen LogP contribution in [0.4, 0.5) is 0 Å². The Hall–Kier alpha value is -5.39. The standard InChI is InChI=1S/C37H21N3OS/c1-2-9-22(10-3-1)35-38-36(25-17-18-27-26-13-6-7-16-32(26)42-33(27)21-25)40-37(39-35)29-15-8-14-28-30-19-23-11-4-5-12-24(23)20-31(30)41-34(28)29/h1-21H/i1D,2D,3D,9D,10D. The minimum Gasteiger partial charge on any atom is -0.455 e. The fourth-order valence-electron chi connectivity index (χ4n) is 5.62. The molecule has 0 aliphatic heterocycles. The highest BCUT2D eigenvalue weighted by molar-refractivity contribution is 7.25. The minimum atomic E-state index is -0.479. The van der Waals surface area contributed by atoms with E-state index in [4.69, 9.17) is 26.2 Å². The number of benzene rings is 6. The van der Waals surface area contributed by atoms with Crippen molar-refractivity contribution in [2.24, 2.45) is 0 Å². The summed E-state index contributed by atoms with van der Waals surface area (Å²) < 4.78 is 50.8. The fraction of sp³-hybridized carbons (Fsp3) is 0. The lowest BCUT2D eigenvalue weighted by atomic mass is 10.0. The van der Waals surface area contributed by atoms with Crippen molar-refractivity contribution in [3.8, 4) is 34.2 Å². The van der Waals surface area contributed by atoms with Crippen molar-refractivity contribution < 1.29 is 11.3 Å². The molecule has 6 aromatic carbocycles. The van der Waals surface area contributed by atoms with E-state index in [-0.39, 0.29) is 29.3 Å². The molecule has 3 heterocycles. The number of hydrogen-bond acceptors (Lipinski definition) is 5. The highest BCUT2D eigenvalue weighted by Crippen LogP contribution is 2.39. The SMILES string of the molecule is [2H]c1c([2H])c([2H])c(-c2nc(-c3ccc4c(c3)sc3ccccc34)nc(-c3cccc4c3oc3cc5ccccc5cc34)n2)c([2H])c1[2H]. The molecule has 196 valence electrons. The molecular formula is C37H21N3OS. The molecule has 0 spiro atoms. The third-order valence-corrected chi connectivity index (χ3v) is 8.74. The molecule has 0 bridgehead atoms. The van der Waals surface area contributed by atoms with E-state index in [0.717, 1.165) is 37.2 Å². The maximum absolute atomic E-state index is 8.68. The molecule has 0 fully saturated rings. The Bertz CT molecular complexity index is 2740. The molecule has 9 rings (SSSR count). The first-order valence-electron chi connectivity index (χ1n) is 15.9. The molecule has 0 atom stereocenters. The first kappa shape index (κ1) is 18.9. The van der Waals surface area contributed by atoms with Gasteiger partial charge in [0, 0.05) is 42.1 Å². The summed E-state index contributed by atoms with van der Waals surface area (Å²) in [6.45, 7) is 0. The highest BCUT2D eigenvalue weighted by atomic mass is 32.1. The molecule has 0 saturated carbocycles. The zero-order valence-electron chi connectivity index (χ0n) is 26.9. The quantitative estimate of drug-likeness (QED) is 0.216. The molecule has 0 saturated heterocycles. The van der Waals surface area contributed by atoms with Crippen molar-refractivity contribution in [1.82, 2.24) is 15.0 Å². The van der Waals surface area contributed by atoms with E-state index in [1.165, 1.54) is 10.1 Å². The first-order valence-corrected chi connectivity index (χ1v) is 14.3. The van der Waals surface area contributed by atoms with Crippen LogP contribution in [0.15, 0.2) is 132 Å². The molecule has 0 aliphatic carbocycles. The highest BCUT2D eigenvalue weighted by Gasteiger charge is 2.18. The Balaban J connectivity index is 1.32. The van der Waals surface area contributed by atoms with Gasteiger partial charge in [0.1, 0.15) is 11.2 Å². The summed E-state index contributed by atoms with van der Waals surface area (Å²) in [6.07, 6.45) is 0. The van der Waals surface area contributed by atoms with Crippen LogP contribution in [0.2, 0.25) is 0 Å². The number of furan rings is 1. The second kappa shape index (κ2) is 9.06. The van der Waals surface area contributed by atoms with Gasteiger partial charge in [-0.1, -0.05) is 96.9 Å². The van der Waals surface area contributed by atoms with Crippen molar-refractivity contribution in [1.29, 1.82) is 0 Å². The minimum absolute atomic E-state index is 0.0164. The molecule has 42 heavy (non-hydrogen) atoms. The lowest BCUT2D eigenvalue weighted by molar-refractivity contribution is 0.670. The van der Waals surface area contributed by atoms with Gasteiger partial charge in [0.15, 0.2) is 17.5 Å². The van der Waals surface area contributed by atoms with E-state index >= 15 is 0 Å². The summed E-state index contributed by atoms with van der Waals surface area (Å²) in [6, 6.07) is 30.1. The van der Waals surface area contributed by atoms with E-state index in [1.807, 2.05) is 72.8 Å². The first-order chi connectivity index (χ1) is 22.9. The zero-order chi connectivity index (χ0) is 32.0. The Kier molecular flexibility index (Phi) is 4.07. The Morgan fingerprint density at radius 3 is 2.14 bits per heavy atom. The molecule has 3 aromatic heterocycles. The third kappa shape index (κ3) is 3.64. The van der Waals surface area contributed by atoms with E-state index in [9.17, 15) is 0 Å². The van der Waals surface area contributed by atoms with Crippen LogP contribution in [0.5, 0.6) is 0 Å².